The second-order valence-corrected chi connectivity index (χ2v) is 1.29. The quantitative estimate of drug-likeness (QED) is 0.443. The molecule has 0 spiro atoms. The number of carboxylic acid groups (broad SMARTS) is 2. The Morgan fingerprint density at radius 1 is 0.909 bits per heavy atom. The van der Waals surface area contributed by atoms with Gasteiger partial charge in [-0.3, -0.25) is 9.59 Å². The zero-order valence-electron chi connectivity index (χ0n) is 6.63. The van der Waals surface area contributed by atoms with Crippen LogP contribution in [0.3, 0.4) is 0 Å². The van der Waals surface area contributed by atoms with E-state index >= 15 is 0 Å². The maximum absolute atomic E-state index is 9.64. The van der Waals surface area contributed by atoms with E-state index in [1.165, 1.54) is 0 Å². The van der Waals surface area contributed by atoms with Crippen molar-refractivity contribution in [1.82, 2.24) is 0 Å². The van der Waals surface area contributed by atoms with Gasteiger partial charge in [-0.25, -0.2) is 0 Å². The van der Waals surface area contributed by atoms with Crippen molar-refractivity contribution in [2.45, 2.75) is 12.8 Å². The van der Waals surface area contributed by atoms with Crippen molar-refractivity contribution in [3.8, 4) is 0 Å². The van der Waals surface area contributed by atoms with Gasteiger partial charge in [-0.05, 0) is 0 Å². The minimum atomic E-state index is -1.08. The first-order chi connectivity index (χ1) is 3.63. The van der Waals surface area contributed by atoms with Crippen molar-refractivity contribution in [2.24, 2.45) is 0 Å². The van der Waals surface area contributed by atoms with Gasteiger partial charge in [0.25, 0.3) is 0 Å². The van der Waals surface area contributed by atoms with Crippen molar-refractivity contribution in [3.63, 3.8) is 0 Å². The Morgan fingerprint density at radius 2 is 1.09 bits per heavy atom. The molecule has 0 amide bonds. The van der Waals surface area contributed by atoms with Gasteiger partial charge in [0, 0.05) is 0 Å². The first-order valence-corrected chi connectivity index (χ1v) is 2.06. The molecule has 4 nitrogen and oxygen atoms in total. The molecule has 0 fully saturated rings. The molecular weight excluding hydrogens is 190 g/mol. The summed E-state index contributed by atoms with van der Waals surface area (Å²) in [6.07, 6.45) is -0.593. The predicted molar refractivity (Wildman–Crippen MR) is 34.9 cm³/mol. The molecule has 7 heteroatoms. The Bertz CT molecular complexity index is 105. The molecule has 0 rings (SSSR count). The molecule has 0 saturated carbocycles. The second kappa shape index (κ2) is 13.9. The Hall–Kier alpha value is 1.29. The van der Waals surface area contributed by atoms with Crippen LogP contribution in [0.4, 0.5) is 0 Å². The van der Waals surface area contributed by atoms with E-state index in [0.717, 1.165) is 0 Å². The van der Waals surface area contributed by atoms with E-state index in [4.69, 9.17) is 10.2 Å². The van der Waals surface area contributed by atoms with Gasteiger partial charge in [0.05, 0.1) is 12.8 Å². The normalized spacial score (nSPS) is 6.18. The molecule has 0 unspecified atom stereocenters. The average molecular weight is 198 g/mol. The van der Waals surface area contributed by atoms with E-state index in [9.17, 15) is 9.59 Å². The molecule has 0 heterocycles. The van der Waals surface area contributed by atoms with Crippen LogP contribution in [-0.2, 0) is 9.59 Å². The average Bonchev–Trinajstić information content (AvgIpc) is 1.61. The van der Waals surface area contributed by atoms with Gasteiger partial charge in [-0.1, -0.05) is 0 Å². The number of hydrogen-bond donors (Lipinski definition) is 2. The summed E-state index contributed by atoms with van der Waals surface area (Å²) < 4.78 is 0. The van der Waals surface area contributed by atoms with E-state index in [1.54, 1.807) is 0 Å². The minimum absolute atomic E-state index is 0. The molecule has 2 N–H and O–H groups in total. The van der Waals surface area contributed by atoms with Gasteiger partial charge in [0.2, 0.25) is 0 Å². The van der Waals surface area contributed by atoms with E-state index in [-0.39, 0.29) is 85.5 Å². The van der Waals surface area contributed by atoms with Gasteiger partial charge in [0.15, 0.2) is 0 Å². The second-order valence-electron chi connectivity index (χ2n) is 1.29. The maximum Gasteiger partial charge on any atom is 1.00 e. The van der Waals surface area contributed by atoms with Crippen LogP contribution >= 0.6 is 13.5 Å². The third kappa shape index (κ3) is 24.6. The summed E-state index contributed by atoms with van der Waals surface area (Å²) in [7, 11) is 0. The fraction of sp³-hybridized carbons (Fsp3) is 0.500. The van der Waals surface area contributed by atoms with E-state index in [1.807, 2.05) is 0 Å². The smallest absolute Gasteiger partial charge is 0.481 e. The van der Waals surface area contributed by atoms with Gasteiger partial charge in [0.1, 0.15) is 0 Å². The van der Waals surface area contributed by atoms with E-state index < -0.39 is 11.9 Å². The van der Waals surface area contributed by atoms with Crippen LogP contribution in [0.25, 0.3) is 0 Å². The van der Waals surface area contributed by atoms with Gasteiger partial charge < -0.3 is 10.2 Å². The van der Waals surface area contributed by atoms with Crippen LogP contribution in [0.2, 0.25) is 0 Å². The minimum Gasteiger partial charge on any atom is -0.481 e. The molecule has 0 bridgehead atoms. The number of rotatable bonds is 3. The Morgan fingerprint density at radius 3 is 1.18 bits per heavy atom. The third-order valence-electron chi connectivity index (χ3n) is 0.553. The molecule has 0 aromatic rings. The van der Waals surface area contributed by atoms with Crippen LogP contribution < -0.4 is 59.1 Å². The summed E-state index contributed by atoms with van der Waals surface area (Å²) in [5.41, 5.74) is 0. The number of carbonyl (C=O) groups is 2. The topological polar surface area (TPSA) is 74.6 Å². The molecule has 0 saturated heterocycles. The summed E-state index contributed by atoms with van der Waals surface area (Å²) in [5.74, 6) is -2.15. The fourth-order valence-electron chi connectivity index (χ4n) is 0.214. The van der Waals surface area contributed by atoms with Gasteiger partial charge in [-0.2, -0.15) is 13.5 Å². The molecule has 0 aromatic carbocycles. The molecule has 0 radical (unpaired) electrons. The zero-order chi connectivity index (χ0) is 6.57. The van der Waals surface area contributed by atoms with Gasteiger partial charge in [-0.15, -0.1) is 0 Å². The number of aliphatic carboxylic acids is 2. The SMILES string of the molecule is O=C(O)CCC(=O)O.S.[Na+].[Na+]. The molecule has 0 aliphatic heterocycles. The summed E-state index contributed by atoms with van der Waals surface area (Å²) in [6.45, 7) is 0. The molecular formula is C4H8Na2O4S+2. The molecule has 0 atom stereocenters. The fourth-order valence-corrected chi connectivity index (χ4v) is 0.214. The van der Waals surface area contributed by atoms with Crippen LogP contribution in [0, 0.1) is 0 Å². The summed E-state index contributed by atoms with van der Waals surface area (Å²) in [4.78, 5) is 19.3. The zero-order valence-corrected chi connectivity index (χ0v) is 11.6. The maximum atomic E-state index is 9.64. The van der Waals surface area contributed by atoms with E-state index in [2.05, 4.69) is 0 Å². The predicted octanol–water partition coefficient (Wildman–Crippen LogP) is -5.94. The molecule has 54 valence electrons. The molecule has 0 aliphatic rings. The standard InChI is InChI=1S/C4H6O4.2Na.H2S/c5-3(6)1-2-4(7)8;;;/h1-2H2,(H,5,6)(H,7,8);;;1H2/q;2*+1;. The van der Waals surface area contributed by atoms with Crippen LogP contribution in [0.15, 0.2) is 0 Å². The van der Waals surface area contributed by atoms with E-state index in [0.29, 0.717) is 0 Å². The molecule has 0 aromatic heterocycles. The Balaban J connectivity index is -0.0000000817. The van der Waals surface area contributed by atoms with Crippen molar-refractivity contribution in [3.05, 3.63) is 0 Å². The molecule has 0 aliphatic carbocycles. The van der Waals surface area contributed by atoms with Crippen molar-refractivity contribution in [2.75, 3.05) is 0 Å². The van der Waals surface area contributed by atoms with Crippen LogP contribution in [-0.4, -0.2) is 22.2 Å². The first kappa shape index (κ1) is 22.8. The Kier molecular flexibility index (Phi) is 28.7. The summed E-state index contributed by atoms with van der Waals surface area (Å²) in [6, 6.07) is 0. The van der Waals surface area contributed by atoms with Crippen molar-refractivity contribution < 1.29 is 78.9 Å². The Labute approximate surface area is 116 Å². The first-order valence-electron chi connectivity index (χ1n) is 2.06. The third-order valence-corrected chi connectivity index (χ3v) is 0.553. The van der Waals surface area contributed by atoms with Crippen LogP contribution in [0.1, 0.15) is 12.8 Å². The van der Waals surface area contributed by atoms with Crippen molar-refractivity contribution >= 4 is 25.4 Å². The number of hydrogen-bond acceptors (Lipinski definition) is 2. The molecule has 11 heavy (non-hydrogen) atoms. The van der Waals surface area contributed by atoms with Gasteiger partial charge >= 0.3 is 71.1 Å². The number of carboxylic acids is 2. The monoisotopic (exact) mass is 198 g/mol. The summed E-state index contributed by atoms with van der Waals surface area (Å²) >= 11 is 0. The van der Waals surface area contributed by atoms with Crippen molar-refractivity contribution in [1.29, 1.82) is 0 Å². The van der Waals surface area contributed by atoms with Crippen LogP contribution in [0.5, 0.6) is 0 Å². The summed E-state index contributed by atoms with van der Waals surface area (Å²) in [5, 5.41) is 15.8. The largest absolute Gasteiger partial charge is 1.00 e.